The minimum absolute atomic E-state index is 0.113. The van der Waals surface area contributed by atoms with Crippen molar-refractivity contribution in [3.63, 3.8) is 0 Å². The van der Waals surface area contributed by atoms with Gasteiger partial charge in [-0.3, -0.25) is 0 Å². The molecule has 0 aliphatic carbocycles. The number of thioether (sulfide) groups is 1. The summed E-state index contributed by atoms with van der Waals surface area (Å²) in [7, 11) is 0. The number of rotatable bonds is 5. The van der Waals surface area contributed by atoms with Crippen LogP contribution >= 0.6 is 11.8 Å². The summed E-state index contributed by atoms with van der Waals surface area (Å²) in [6.45, 7) is 11.2. The highest BCUT2D eigenvalue weighted by atomic mass is 32.2. The van der Waals surface area contributed by atoms with Gasteiger partial charge in [-0.1, -0.05) is 32.9 Å². The topological polar surface area (TPSA) is 41.1 Å². The van der Waals surface area contributed by atoms with Crippen LogP contribution in [0.4, 0.5) is 4.79 Å². The smallest absolute Gasteiger partial charge is 0.315 e. The molecule has 0 radical (unpaired) electrons. The van der Waals surface area contributed by atoms with Crippen LogP contribution in [0.5, 0.6) is 0 Å². The van der Waals surface area contributed by atoms with E-state index in [1.165, 1.54) is 4.90 Å². The van der Waals surface area contributed by atoms with E-state index in [9.17, 15) is 4.79 Å². The molecule has 0 spiro atoms. The highest BCUT2D eigenvalue weighted by Crippen LogP contribution is 2.26. The number of hydrogen-bond donors (Lipinski definition) is 2. The Morgan fingerprint density at radius 2 is 1.67 bits per heavy atom. The Hall–Kier alpha value is -1.16. The summed E-state index contributed by atoms with van der Waals surface area (Å²) in [6.07, 6.45) is 2.98. The molecule has 0 aromatic heterocycles. The molecule has 118 valence electrons. The monoisotopic (exact) mass is 308 g/mol. The third kappa shape index (κ3) is 7.42. The zero-order chi connectivity index (χ0) is 16.1. The normalized spacial score (nSPS) is 12.1. The lowest BCUT2D eigenvalue weighted by atomic mass is 9.82. The standard InChI is InChI=1S/C17H28N2OS/c1-16(2,3)12-17(4,5)19-15(20)18-11-13-7-9-14(21-6)10-8-13/h7-10H,11-12H2,1-6H3,(H2,18,19,20). The van der Waals surface area contributed by atoms with Crippen LogP contribution in [0.25, 0.3) is 0 Å². The maximum Gasteiger partial charge on any atom is 0.315 e. The first-order valence-electron chi connectivity index (χ1n) is 7.30. The van der Waals surface area contributed by atoms with Gasteiger partial charge in [-0.25, -0.2) is 4.79 Å². The summed E-state index contributed by atoms with van der Waals surface area (Å²) in [4.78, 5) is 13.2. The predicted octanol–water partition coefficient (Wildman–Crippen LogP) is 4.42. The Labute approximate surface area is 133 Å². The van der Waals surface area contributed by atoms with Gasteiger partial charge in [0, 0.05) is 17.0 Å². The average Bonchev–Trinajstić information content (AvgIpc) is 2.33. The van der Waals surface area contributed by atoms with Crippen molar-refractivity contribution < 1.29 is 4.79 Å². The Morgan fingerprint density at radius 3 is 2.14 bits per heavy atom. The van der Waals surface area contributed by atoms with E-state index in [-0.39, 0.29) is 17.0 Å². The van der Waals surface area contributed by atoms with Gasteiger partial charge < -0.3 is 10.6 Å². The lowest BCUT2D eigenvalue weighted by Crippen LogP contribution is -2.49. The molecule has 0 saturated heterocycles. The molecule has 0 heterocycles. The summed E-state index contributed by atoms with van der Waals surface area (Å²) in [6, 6.07) is 8.13. The van der Waals surface area contributed by atoms with Crippen molar-refractivity contribution >= 4 is 17.8 Å². The second-order valence-electron chi connectivity index (χ2n) is 7.28. The summed E-state index contributed by atoms with van der Waals surface area (Å²) < 4.78 is 0. The maximum atomic E-state index is 12.0. The van der Waals surface area contributed by atoms with E-state index in [0.29, 0.717) is 6.54 Å². The van der Waals surface area contributed by atoms with Gasteiger partial charge in [-0.2, -0.15) is 0 Å². The molecule has 1 aromatic rings. The number of amides is 2. The van der Waals surface area contributed by atoms with Crippen molar-refractivity contribution in [3.8, 4) is 0 Å². The van der Waals surface area contributed by atoms with Crippen LogP contribution in [0.2, 0.25) is 0 Å². The van der Waals surface area contributed by atoms with Gasteiger partial charge >= 0.3 is 6.03 Å². The summed E-state index contributed by atoms with van der Waals surface area (Å²) >= 11 is 1.72. The van der Waals surface area contributed by atoms with Crippen molar-refractivity contribution in [3.05, 3.63) is 29.8 Å². The van der Waals surface area contributed by atoms with Crippen LogP contribution in [0.15, 0.2) is 29.2 Å². The Bertz CT molecular complexity index is 461. The zero-order valence-corrected chi connectivity index (χ0v) is 14.9. The van der Waals surface area contributed by atoms with Gasteiger partial charge in [0.05, 0.1) is 0 Å². The fourth-order valence-corrected chi connectivity index (χ4v) is 3.06. The van der Waals surface area contributed by atoms with Crippen LogP contribution in [0.3, 0.4) is 0 Å². The van der Waals surface area contributed by atoms with Gasteiger partial charge in [0.2, 0.25) is 0 Å². The van der Waals surface area contributed by atoms with Gasteiger partial charge in [0.25, 0.3) is 0 Å². The molecule has 0 aliphatic rings. The average molecular weight is 308 g/mol. The molecule has 3 nitrogen and oxygen atoms in total. The van der Waals surface area contributed by atoms with Crippen LogP contribution in [0, 0.1) is 5.41 Å². The number of carbonyl (C=O) groups is 1. The van der Waals surface area contributed by atoms with E-state index in [4.69, 9.17) is 0 Å². The van der Waals surface area contributed by atoms with E-state index >= 15 is 0 Å². The third-order valence-electron chi connectivity index (χ3n) is 3.04. The maximum absolute atomic E-state index is 12.0. The molecular formula is C17H28N2OS. The van der Waals surface area contributed by atoms with Crippen molar-refractivity contribution in [2.75, 3.05) is 6.26 Å². The summed E-state index contributed by atoms with van der Waals surface area (Å²) in [5, 5.41) is 5.97. The summed E-state index contributed by atoms with van der Waals surface area (Å²) in [5.74, 6) is 0. The molecule has 2 N–H and O–H groups in total. The minimum Gasteiger partial charge on any atom is -0.334 e. The first kappa shape index (κ1) is 17.9. The van der Waals surface area contributed by atoms with Crippen molar-refractivity contribution in [2.45, 2.75) is 58.0 Å². The van der Waals surface area contributed by atoms with Gasteiger partial charge in [-0.05, 0) is 49.6 Å². The van der Waals surface area contributed by atoms with Crippen molar-refractivity contribution in [1.82, 2.24) is 10.6 Å². The third-order valence-corrected chi connectivity index (χ3v) is 3.78. The van der Waals surface area contributed by atoms with E-state index in [2.05, 4.69) is 63.6 Å². The molecule has 2 amide bonds. The minimum atomic E-state index is -0.217. The summed E-state index contributed by atoms with van der Waals surface area (Å²) in [5.41, 5.74) is 1.08. The van der Waals surface area contributed by atoms with Crippen LogP contribution in [-0.2, 0) is 6.54 Å². The molecule has 0 aliphatic heterocycles. The van der Waals surface area contributed by atoms with Crippen LogP contribution < -0.4 is 10.6 Å². The first-order valence-corrected chi connectivity index (χ1v) is 8.53. The molecule has 0 atom stereocenters. The van der Waals surface area contributed by atoms with Gasteiger partial charge in [-0.15, -0.1) is 11.8 Å². The number of nitrogens with one attached hydrogen (secondary N) is 2. The van der Waals surface area contributed by atoms with Crippen molar-refractivity contribution in [2.24, 2.45) is 5.41 Å². The molecular weight excluding hydrogens is 280 g/mol. The Balaban J connectivity index is 2.46. The lowest BCUT2D eigenvalue weighted by molar-refractivity contribution is 0.210. The van der Waals surface area contributed by atoms with Crippen LogP contribution in [0.1, 0.15) is 46.6 Å². The molecule has 1 aromatic carbocycles. The number of urea groups is 1. The molecule has 0 saturated carbocycles. The number of carbonyl (C=O) groups excluding carboxylic acids is 1. The quantitative estimate of drug-likeness (QED) is 0.790. The Morgan fingerprint density at radius 1 is 1.10 bits per heavy atom. The van der Waals surface area contributed by atoms with Crippen LogP contribution in [-0.4, -0.2) is 17.8 Å². The largest absolute Gasteiger partial charge is 0.334 e. The van der Waals surface area contributed by atoms with Gasteiger partial charge in [0.1, 0.15) is 0 Å². The number of hydrogen-bond acceptors (Lipinski definition) is 2. The molecule has 1 rings (SSSR count). The molecule has 21 heavy (non-hydrogen) atoms. The molecule has 0 unspecified atom stereocenters. The lowest BCUT2D eigenvalue weighted by Gasteiger charge is -2.33. The van der Waals surface area contributed by atoms with E-state index in [0.717, 1.165) is 12.0 Å². The Kier molecular flexibility index (Phi) is 6.14. The SMILES string of the molecule is CSc1ccc(CNC(=O)NC(C)(C)CC(C)(C)C)cc1. The second-order valence-corrected chi connectivity index (χ2v) is 8.16. The molecule has 0 bridgehead atoms. The second kappa shape index (κ2) is 7.21. The fraction of sp³-hybridized carbons (Fsp3) is 0.588. The van der Waals surface area contributed by atoms with Crippen molar-refractivity contribution in [1.29, 1.82) is 0 Å². The highest BCUT2D eigenvalue weighted by molar-refractivity contribution is 7.98. The zero-order valence-electron chi connectivity index (χ0n) is 14.0. The number of benzene rings is 1. The molecule has 0 fully saturated rings. The van der Waals surface area contributed by atoms with E-state index in [1.807, 2.05) is 12.1 Å². The molecule has 4 heteroatoms. The van der Waals surface area contributed by atoms with Gasteiger partial charge in [0.15, 0.2) is 0 Å². The predicted molar refractivity (Wildman–Crippen MR) is 91.7 cm³/mol. The van der Waals surface area contributed by atoms with E-state index < -0.39 is 0 Å². The van der Waals surface area contributed by atoms with E-state index in [1.54, 1.807) is 11.8 Å². The highest BCUT2D eigenvalue weighted by Gasteiger charge is 2.26. The first-order chi connectivity index (χ1) is 9.61. The fourth-order valence-electron chi connectivity index (χ4n) is 2.65.